The second kappa shape index (κ2) is 9.60. The molecule has 0 aliphatic carbocycles. The molecule has 170 valence electrons. The van der Waals surface area contributed by atoms with Gasteiger partial charge in [0.15, 0.2) is 0 Å². The lowest BCUT2D eigenvalue weighted by Gasteiger charge is -2.26. The molecular weight excluding hydrogens is 422 g/mol. The Balaban J connectivity index is 1.78. The summed E-state index contributed by atoms with van der Waals surface area (Å²) in [6, 6.07) is 13.2. The molecule has 4 rings (SSSR count). The van der Waals surface area contributed by atoms with Crippen LogP contribution in [0.3, 0.4) is 0 Å². The normalized spacial score (nSPS) is 17.4. The van der Waals surface area contributed by atoms with Gasteiger partial charge in [0.2, 0.25) is 0 Å². The van der Waals surface area contributed by atoms with Crippen LogP contribution in [-0.2, 0) is 16.1 Å². The van der Waals surface area contributed by atoms with Crippen molar-refractivity contribution in [1.29, 1.82) is 0 Å². The number of likely N-dealkylation sites (tertiary alicyclic amines) is 1. The van der Waals surface area contributed by atoms with Crippen molar-refractivity contribution >= 4 is 17.4 Å². The molecule has 1 unspecified atom stereocenters. The molecule has 1 aliphatic heterocycles. The van der Waals surface area contributed by atoms with Crippen LogP contribution < -0.4 is 9.47 Å². The number of aliphatic hydroxyl groups is 1. The maximum absolute atomic E-state index is 13.2. The lowest BCUT2D eigenvalue weighted by Crippen LogP contribution is -2.31. The van der Waals surface area contributed by atoms with E-state index in [4.69, 9.17) is 9.47 Å². The number of hydrogen-bond donors (Lipinski definition) is 1. The number of rotatable bonds is 8. The van der Waals surface area contributed by atoms with Gasteiger partial charge < -0.3 is 24.0 Å². The van der Waals surface area contributed by atoms with E-state index in [0.717, 1.165) is 0 Å². The number of methoxy groups -OCH3 is 2. The lowest BCUT2D eigenvalue weighted by atomic mass is 9.94. The first-order chi connectivity index (χ1) is 16.0. The molecule has 0 saturated carbocycles. The maximum Gasteiger partial charge on any atom is 0.295 e. The van der Waals surface area contributed by atoms with Gasteiger partial charge in [-0.15, -0.1) is 0 Å². The summed E-state index contributed by atoms with van der Waals surface area (Å²) in [4.78, 5) is 31.8. The largest absolute Gasteiger partial charge is 0.507 e. The Morgan fingerprint density at radius 3 is 2.61 bits per heavy atom. The van der Waals surface area contributed by atoms with Gasteiger partial charge in [-0.05, 0) is 24.6 Å². The molecule has 0 radical (unpaired) electrons. The quantitative estimate of drug-likeness (QED) is 0.323. The second-order valence-electron chi connectivity index (χ2n) is 7.62. The zero-order chi connectivity index (χ0) is 23.4. The summed E-state index contributed by atoms with van der Waals surface area (Å²) >= 11 is 0. The van der Waals surface area contributed by atoms with E-state index in [9.17, 15) is 14.7 Å². The van der Waals surface area contributed by atoms with Crippen LogP contribution >= 0.6 is 0 Å². The number of aromatic nitrogens is 2. The fraction of sp³-hybridized carbons (Fsp3) is 0.240. The van der Waals surface area contributed by atoms with E-state index in [2.05, 4.69) is 4.98 Å². The fourth-order valence-corrected chi connectivity index (χ4v) is 4.09. The number of amides is 1. The smallest absolute Gasteiger partial charge is 0.295 e. The van der Waals surface area contributed by atoms with E-state index in [0.29, 0.717) is 42.1 Å². The van der Waals surface area contributed by atoms with Crippen LogP contribution in [0.2, 0.25) is 0 Å². The Morgan fingerprint density at radius 2 is 1.88 bits per heavy atom. The van der Waals surface area contributed by atoms with Crippen LogP contribution in [0.15, 0.2) is 72.8 Å². The highest BCUT2D eigenvalue weighted by Crippen LogP contribution is 2.42. The van der Waals surface area contributed by atoms with Crippen molar-refractivity contribution in [2.24, 2.45) is 0 Å². The molecule has 1 saturated heterocycles. The average molecular weight is 447 g/mol. The van der Waals surface area contributed by atoms with Gasteiger partial charge in [0, 0.05) is 36.6 Å². The molecule has 1 amide bonds. The summed E-state index contributed by atoms with van der Waals surface area (Å²) in [6.45, 7) is 0.956. The third-order valence-electron chi connectivity index (χ3n) is 5.69. The number of ether oxygens (including phenoxy) is 2. The van der Waals surface area contributed by atoms with Gasteiger partial charge in [0.1, 0.15) is 17.3 Å². The van der Waals surface area contributed by atoms with Crippen LogP contribution in [0.25, 0.3) is 5.76 Å². The highest BCUT2D eigenvalue weighted by molar-refractivity contribution is 6.46. The fourth-order valence-electron chi connectivity index (χ4n) is 4.09. The minimum atomic E-state index is -0.782. The Morgan fingerprint density at radius 1 is 1.06 bits per heavy atom. The highest BCUT2D eigenvalue weighted by atomic mass is 16.5. The van der Waals surface area contributed by atoms with Crippen LogP contribution in [-0.4, -0.2) is 52.0 Å². The van der Waals surface area contributed by atoms with Crippen molar-refractivity contribution < 1.29 is 24.2 Å². The topological polar surface area (TPSA) is 93.9 Å². The summed E-state index contributed by atoms with van der Waals surface area (Å²) in [5.41, 5.74) is 1.05. The van der Waals surface area contributed by atoms with Gasteiger partial charge in [-0.3, -0.25) is 9.59 Å². The van der Waals surface area contributed by atoms with E-state index in [1.54, 1.807) is 48.9 Å². The van der Waals surface area contributed by atoms with Crippen LogP contribution in [0.5, 0.6) is 11.5 Å². The molecule has 1 atom stereocenters. The number of imidazole rings is 1. The number of nitrogens with zero attached hydrogens (tertiary/aromatic N) is 3. The van der Waals surface area contributed by atoms with E-state index in [1.165, 1.54) is 19.1 Å². The lowest BCUT2D eigenvalue weighted by molar-refractivity contribution is -0.140. The average Bonchev–Trinajstić information content (AvgIpc) is 3.46. The number of ketones is 1. The standard InChI is InChI=1S/C25H25N3O5/c1-32-18-8-5-7-17(15-18)23(29)21-22(19-9-3-4-10-20(19)33-2)28(25(31)24(21)30)13-6-12-27-14-11-26-16-27/h3-5,7-11,14-16,22,29H,6,12-13H2,1-2H3/b23-21-. The number of aryl methyl sites for hydroxylation is 1. The predicted octanol–water partition coefficient (Wildman–Crippen LogP) is 3.41. The third-order valence-corrected chi connectivity index (χ3v) is 5.69. The Kier molecular flexibility index (Phi) is 6.44. The number of hydrogen-bond acceptors (Lipinski definition) is 6. The summed E-state index contributed by atoms with van der Waals surface area (Å²) in [5, 5.41) is 11.2. The zero-order valence-electron chi connectivity index (χ0n) is 18.5. The molecule has 8 heteroatoms. The minimum absolute atomic E-state index is 0.0281. The van der Waals surface area contributed by atoms with E-state index >= 15 is 0 Å². The van der Waals surface area contributed by atoms with Crippen molar-refractivity contribution in [3.05, 3.63) is 84.0 Å². The van der Waals surface area contributed by atoms with Crippen molar-refractivity contribution in [3.63, 3.8) is 0 Å². The van der Waals surface area contributed by atoms with Crippen LogP contribution in [0.1, 0.15) is 23.6 Å². The van der Waals surface area contributed by atoms with Gasteiger partial charge in [-0.25, -0.2) is 4.98 Å². The molecule has 8 nitrogen and oxygen atoms in total. The Bertz CT molecular complexity index is 1190. The second-order valence-corrected chi connectivity index (χ2v) is 7.62. The van der Waals surface area contributed by atoms with Gasteiger partial charge >= 0.3 is 0 Å². The van der Waals surface area contributed by atoms with E-state index in [1.807, 2.05) is 22.9 Å². The highest BCUT2D eigenvalue weighted by Gasteiger charge is 2.46. The predicted molar refractivity (Wildman–Crippen MR) is 122 cm³/mol. The van der Waals surface area contributed by atoms with Gasteiger partial charge in [0.05, 0.1) is 32.2 Å². The van der Waals surface area contributed by atoms with Crippen molar-refractivity contribution in [2.75, 3.05) is 20.8 Å². The monoisotopic (exact) mass is 447 g/mol. The van der Waals surface area contributed by atoms with Crippen molar-refractivity contribution in [2.45, 2.75) is 19.0 Å². The number of carbonyl (C=O) groups is 2. The number of aliphatic hydroxyl groups excluding tert-OH is 1. The van der Waals surface area contributed by atoms with Crippen molar-refractivity contribution in [3.8, 4) is 11.5 Å². The molecule has 0 spiro atoms. The molecular formula is C25H25N3O5. The molecule has 1 aliphatic rings. The van der Waals surface area contributed by atoms with Gasteiger partial charge in [-0.1, -0.05) is 30.3 Å². The number of benzene rings is 2. The molecule has 33 heavy (non-hydrogen) atoms. The number of Topliss-reactive ketones (excluding diaryl/α,β-unsaturated/α-hetero) is 1. The van der Waals surface area contributed by atoms with E-state index < -0.39 is 17.7 Å². The SMILES string of the molecule is COc1cccc(/C(O)=C2/C(=O)C(=O)N(CCCn3ccnc3)C2c2ccccc2OC)c1. The van der Waals surface area contributed by atoms with Crippen LogP contribution in [0, 0.1) is 0 Å². The molecule has 3 aromatic rings. The molecule has 1 fully saturated rings. The molecule has 2 heterocycles. The summed E-state index contributed by atoms with van der Waals surface area (Å²) in [7, 11) is 3.05. The molecule has 0 bridgehead atoms. The first-order valence-electron chi connectivity index (χ1n) is 10.6. The van der Waals surface area contributed by atoms with Crippen LogP contribution in [0.4, 0.5) is 0 Å². The van der Waals surface area contributed by atoms with Crippen molar-refractivity contribution in [1.82, 2.24) is 14.5 Å². The first-order valence-corrected chi connectivity index (χ1v) is 10.6. The Labute approximate surface area is 191 Å². The molecule has 2 aromatic carbocycles. The maximum atomic E-state index is 13.2. The van der Waals surface area contributed by atoms with E-state index in [-0.39, 0.29) is 11.3 Å². The minimum Gasteiger partial charge on any atom is -0.507 e. The third kappa shape index (κ3) is 4.32. The Hall–Kier alpha value is -4.07. The zero-order valence-corrected chi connectivity index (χ0v) is 18.5. The molecule has 1 N–H and O–H groups in total. The summed E-state index contributed by atoms with van der Waals surface area (Å²) < 4.78 is 12.7. The number of para-hydroxylation sites is 1. The van der Waals surface area contributed by atoms with Gasteiger partial charge in [0.25, 0.3) is 11.7 Å². The summed E-state index contributed by atoms with van der Waals surface area (Å²) in [6.07, 6.45) is 5.84. The molecule has 1 aromatic heterocycles. The first kappa shape index (κ1) is 22.1. The van der Waals surface area contributed by atoms with Gasteiger partial charge in [-0.2, -0.15) is 0 Å². The summed E-state index contributed by atoms with van der Waals surface area (Å²) in [5.74, 6) is -0.571. The number of carbonyl (C=O) groups excluding carboxylic acids is 2.